The molecule has 0 saturated heterocycles. The minimum Gasteiger partial charge on any atom is -0.423 e. The normalized spacial score (nSPS) is 12.2. The van der Waals surface area contributed by atoms with Gasteiger partial charge in [0.2, 0.25) is 0 Å². The maximum atomic E-state index is 11.0. The van der Waals surface area contributed by atoms with Crippen molar-refractivity contribution in [2.24, 2.45) is 0 Å². The van der Waals surface area contributed by atoms with Gasteiger partial charge in [0.05, 0.1) is 33.8 Å². The summed E-state index contributed by atoms with van der Waals surface area (Å²) in [4.78, 5) is 13.7. The van der Waals surface area contributed by atoms with Gasteiger partial charge in [-0.15, -0.1) is 0 Å². The molecule has 3 aromatic heterocycles. The molecule has 0 spiro atoms. The minimum absolute atomic E-state index is 0.316. The highest BCUT2D eigenvalue weighted by Crippen LogP contribution is 2.47. The van der Waals surface area contributed by atoms with Gasteiger partial charge < -0.3 is 19.6 Å². The lowest BCUT2D eigenvalue weighted by atomic mass is 9.75. The molecule has 3 N–H and O–H groups in total. The Morgan fingerprint density at radius 2 is 1.02 bits per heavy atom. The number of hydrogen-bond acceptors (Lipinski definition) is 4. The highest BCUT2D eigenvalue weighted by molar-refractivity contribution is 6.68. The third-order valence-corrected chi connectivity index (χ3v) is 9.28. The van der Waals surface area contributed by atoms with E-state index in [1.807, 2.05) is 84.9 Å². The zero-order valence-corrected chi connectivity index (χ0v) is 27.5. The van der Waals surface area contributed by atoms with Gasteiger partial charge in [-0.25, -0.2) is 9.97 Å². The number of para-hydroxylation sites is 1. The molecule has 0 aliphatic carbocycles. The summed E-state index contributed by atoms with van der Waals surface area (Å²) in [6.45, 7) is 0. The van der Waals surface area contributed by atoms with Gasteiger partial charge in [-0.2, -0.15) is 0 Å². The SMILES string of the molecule is OB(O)C1=Cc2cc3ccc(cc4nc(cc5c(-c6ccccc6)c(-c6ccccc6)c(c(-c6ccccc6)c1n2)n5-c1ccccc1)C=C4)[nH]3. The van der Waals surface area contributed by atoms with Gasteiger partial charge in [0.15, 0.2) is 0 Å². The van der Waals surface area contributed by atoms with Crippen molar-refractivity contribution in [3.05, 3.63) is 174 Å². The molecular formula is C44H31BN4O2. The Morgan fingerprint density at radius 1 is 0.510 bits per heavy atom. The Morgan fingerprint density at radius 3 is 1.61 bits per heavy atom. The molecule has 2 aliphatic rings. The van der Waals surface area contributed by atoms with Crippen LogP contribution in [0.1, 0.15) is 22.8 Å². The zero-order chi connectivity index (χ0) is 34.3. The number of H-pyrrole nitrogens is 1. The zero-order valence-electron chi connectivity index (χ0n) is 27.5. The van der Waals surface area contributed by atoms with E-state index in [9.17, 15) is 10.0 Å². The summed E-state index contributed by atoms with van der Waals surface area (Å²) in [5.41, 5.74) is 13.2. The molecule has 7 aromatic rings. The van der Waals surface area contributed by atoms with E-state index in [0.29, 0.717) is 16.9 Å². The molecule has 9 rings (SSSR count). The number of fused-ring (bicyclic) bond motifs is 8. The largest absolute Gasteiger partial charge is 0.490 e. The highest BCUT2D eigenvalue weighted by atomic mass is 16.4. The fourth-order valence-corrected chi connectivity index (χ4v) is 7.12. The van der Waals surface area contributed by atoms with Crippen molar-refractivity contribution >= 4 is 52.9 Å². The van der Waals surface area contributed by atoms with Crippen LogP contribution in [0, 0.1) is 0 Å². The van der Waals surface area contributed by atoms with Crippen molar-refractivity contribution in [2.75, 3.05) is 0 Å². The molecule has 0 saturated carbocycles. The van der Waals surface area contributed by atoms with Crippen LogP contribution in [0.2, 0.25) is 0 Å². The van der Waals surface area contributed by atoms with Crippen molar-refractivity contribution in [1.29, 1.82) is 0 Å². The summed E-state index contributed by atoms with van der Waals surface area (Å²) in [6.07, 6.45) is 5.84. The molecule has 8 bridgehead atoms. The minimum atomic E-state index is -1.77. The molecule has 0 unspecified atom stereocenters. The van der Waals surface area contributed by atoms with Crippen molar-refractivity contribution in [3.63, 3.8) is 0 Å². The lowest BCUT2D eigenvalue weighted by Gasteiger charge is -2.15. The summed E-state index contributed by atoms with van der Waals surface area (Å²) in [7, 11) is -1.77. The smallest absolute Gasteiger partial charge is 0.423 e. The van der Waals surface area contributed by atoms with E-state index in [1.54, 1.807) is 6.08 Å². The quantitative estimate of drug-likeness (QED) is 0.161. The second-order valence-corrected chi connectivity index (χ2v) is 12.6. The Labute approximate surface area is 295 Å². The first kappa shape index (κ1) is 30.5. The van der Waals surface area contributed by atoms with Gasteiger partial charge in [-0.05, 0) is 77.4 Å². The predicted molar refractivity (Wildman–Crippen MR) is 209 cm³/mol. The first-order chi connectivity index (χ1) is 25.1. The lowest BCUT2D eigenvalue weighted by Crippen LogP contribution is -2.14. The predicted octanol–water partition coefficient (Wildman–Crippen LogP) is 9.50. The van der Waals surface area contributed by atoms with Crippen LogP contribution in [0.3, 0.4) is 0 Å². The molecule has 4 aromatic carbocycles. The molecule has 7 heteroatoms. The van der Waals surface area contributed by atoms with Crippen LogP contribution in [0.4, 0.5) is 0 Å². The van der Waals surface area contributed by atoms with E-state index in [0.717, 1.165) is 72.5 Å². The lowest BCUT2D eigenvalue weighted by molar-refractivity contribution is 0.427. The van der Waals surface area contributed by atoms with E-state index in [4.69, 9.17) is 9.97 Å². The standard InChI is InChI=1S/C44H31BN4O2/c50-45(51)38-27-36-26-34-22-21-32(46-34)25-33-23-24-35(47-33)28-39-40(29-13-5-1-6-14-29)41(30-15-7-2-8-16-30)44(49(39)37-19-11-4-12-20-37)42(43(38)48-36)31-17-9-3-10-18-31/h1-28,46,50-51H. The summed E-state index contributed by atoms with van der Waals surface area (Å²) >= 11 is 0. The Hall–Kier alpha value is -6.54. The molecule has 6 nitrogen and oxygen atoms in total. The van der Waals surface area contributed by atoms with E-state index in [2.05, 4.69) is 88.4 Å². The van der Waals surface area contributed by atoms with Crippen molar-refractivity contribution in [3.8, 4) is 39.1 Å². The van der Waals surface area contributed by atoms with Crippen LogP contribution >= 0.6 is 0 Å². The van der Waals surface area contributed by atoms with Crippen LogP contribution in [0.15, 0.2) is 152 Å². The number of benzene rings is 4. The molecule has 0 atom stereocenters. The Kier molecular flexibility index (Phi) is 7.62. The van der Waals surface area contributed by atoms with Crippen LogP contribution in [0.5, 0.6) is 0 Å². The fourth-order valence-electron chi connectivity index (χ4n) is 7.12. The topological polar surface area (TPSA) is 87.0 Å². The second kappa shape index (κ2) is 12.7. The summed E-state index contributed by atoms with van der Waals surface area (Å²) < 4.78 is 2.28. The number of hydrogen-bond donors (Lipinski definition) is 3. The van der Waals surface area contributed by atoms with E-state index in [1.165, 1.54) is 0 Å². The third-order valence-electron chi connectivity index (χ3n) is 9.28. The molecular weight excluding hydrogens is 627 g/mol. The fraction of sp³-hybridized carbons (Fsp3) is 0. The molecule has 5 heterocycles. The number of nitrogens with one attached hydrogen (secondary N) is 1. The number of aromatic amines is 1. The number of rotatable bonds is 5. The Balaban J connectivity index is 1.63. The van der Waals surface area contributed by atoms with Crippen LogP contribution < -0.4 is 0 Å². The van der Waals surface area contributed by atoms with Gasteiger partial charge in [-0.3, -0.25) is 0 Å². The highest BCUT2D eigenvalue weighted by Gasteiger charge is 2.30. The Bertz CT molecular complexity index is 2650. The van der Waals surface area contributed by atoms with Gasteiger partial charge >= 0.3 is 7.12 Å². The third kappa shape index (κ3) is 5.61. The average Bonchev–Trinajstić information content (AvgIpc) is 3.97. The van der Waals surface area contributed by atoms with Gasteiger partial charge in [0, 0.05) is 38.9 Å². The maximum Gasteiger partial charge on any atom is 0.490 e. The first-order valence-electron chi connectivity index (χ1n) is 16.9. The van der Waals surface area contributed by atoms with E-state index >= 15 is 0 Å². The van der Waals surface area contributed by atoms with E-state index < -0.39 is 7.12 Å². The van der Waals surface area contributed by atoms with Gasteiger partial charge in [0.1, 0.15) is 0 Å². The van der Waals surface area contributed by atoms with Crippen molar-refractivity contribution in [2.45, 2.75) is 0 Å². The van der Waals surface area contributed by atoms with Gasteiger partial charge in [0.25, 0.3) is 0 Å². The van der Waals surface area contributed by atoms with Crippen LogP contribution in [0.25, 0.3) is 84.8 Å². The van der Waals surface area contributed by atoms with Crippen molar-refractivity contribution < 1.29 is 10.0 Å². The second-order valence-electron chi connectivity index (χ2n) is 12.6. The monoisotopic (exact) mass is 658 g/mol. The summed E-state index contributed by atoms with van der Waals surface area (Å²) in [5.74, 6) is 0. The summed E-state index contributed by atoms with van der Waals surface area (Å²) in [6, 6.07) is 51.3. The van der Waals surface area contributed by atoms with E-state index in [-0.39, 0.29) is 0 Å². The molecule has 2 aliphatic heterocycles. The average molecular weight is 659 g/mol. The molecule has 0 amide bonds. The molecule has 242 valence electrons. The van der Waals surface area contributed by atoms with Crippen molar-refractivity contribution in [1.82, 2.24) is 19.5 Å². The van der Waals surface area contributed by atoms with Crippen LogP contribution in [-0.4, -0.2) is 36.7 Å². The van der Waals surface area contributed by atoms with Crippen LogP contribution in [-0.2, 0) is 0 Å². The molecule has 0 radical (unpaired) electrons. The summed E-state index contributed by atoms with van der Waals surface area (Å²) in [5, 5.41) is 22.0. The maximum absolute atomic E-state index is 11.0. The first-order valence-corrected chi connectivity index (χ1v) is 16.9. The number of nitrogens with zero attached hydrogens (tertiary/aromatic N) is 3. The molecule has 0 fully saturated rings. The number of aromatic nitrogens is 4. The van der Waals surface area contributed by atoms with Gasteiger partial charge in [-0.1, -0.05) is 109 Å². The molecule has 51 heavy (non-hydrogen) atoms.